The molecule has 6 nitrogen and oxygen atoms in total. The Labute approximate surface area is 147 Å². The third-order valence-electron chi connectivity index (χ3n) is 3.80. The maximum absolute atomic E-state index is 12.7. The lowest BCUT2D eigenvalue weighted by Crippen LogP contribution is -2.48. The molecular weight excluding hydrogens is 347 g/mol. The van der Waals surface area contributed by atoms with E-state index >= 15 is 0 Å². The number of hydrogen-bond acceptors (Lipinski definition) is 4. The van der Waals surface area contributed by atoms with Gasteiger partial charge in [0.2, 0.25) is 5.96 Å². The summed E-state index contributed by atoms with van der Waals surface area (Å²) in [6, 6.07) is 8.98. The van der Waals surface area contributed by atoms with Gasteiger partial charge < -0.3 is 4.90 Å². The fourth-order valence-electron chi connectivity index (χ4n) is 2.74. The number of carbonyl (C=O) groups excluding carboxylic acids is 1. The third kappa shape index (κ3) is 3.81. The van der Waals surface area contributed by atoms with Gasteiger partial charge in [0.25, 0.3) is 5.95 Å². The Morgan fingerprint density at radius 2 is 1.85 bits per heavy atom. The van der Waals surface area contributed by atoms with E-state index in [1.807, 2.05) is 17.4 Å². The number of alkyl halides is 3. The fraction of sp³-hybridized carbons (Fsp3) is 0.294. The number of nitrogens with one attached hydrogen (secondary N) is 1. The number of amides is 1. The van der Waals surface area contributed by atoms with Gasteiger partial charge in [0, 0.05) is 23.6 Å². The molecule has 0 saturated carbocycles. The minimum atomic E-state index is -5.02. The predicted molar refractivity (Wildman–Crippen MR) is 90.3 cm³/mol. The second kappa shape index (κ2) is 6.74. The first-order valence-corrected chi connectivity index (χ1v) is 7.88. The standard InChI is InChI=1S/C17H16F3N5O/c1-10-9-11(2)22-15(21-10)24-16(23-14(26)17(18,19)20)25-8-7-12-5-3-4-6-13(12)25/h3-6,9H,7-8H2,1-2H3,(H,21,22,23,24,26). The maximum Gasteiger partial charge on any atom is 0.471 e. The number of anilines is 1. The van der Waals surface area contributed by atoms with Crippen molar-refractivity contribution in [2.75, 3.05) is 11.4 Å². The van der Waals surface area contributed by atoms with Crippen molar-refractivity contribution in [3.05, 3.63) is 47.3 Å². The average molecular weight is 363 g/mol. The molecule has 0 fully saturated rings. The molecule has 3 rings (SSSR count). The third-order valence-corrected chi connectivity index (χ3v) is 3.80. The normalized spacial score (nSPS) is 14.3. The summed E-state index contributed by atoms with van der Waals surface area (Å²) in [7, 11) is 0. The number of benzene rings is 1. The molecule has 1 aliphatic heterocycles. The van der Waals surface area contributed by atoms with E-state index in [9.17, 15) is 18.0 Å². The molecule has 26 heavy (non-hydrogen) atoms. The van der Waals surface area contributed by atoms with E-state index in [1.54, 1.807) is 32.0 Å². The van der Waals surface area contributed by atoms with Crippen LogP contribution in [-0.4, -0.2) is 34.6 Å². The molecule has 136 valence electrons. The van der Waals surface area contributed by atoms with Gasteiger partial charge in [-0.05, 0) is 38.0 Å². The van der Waals surface area contributed by atoms with Gasteiger partial charge in [0.15, 0.2) is 0 Å². The number of para-hydroxylation sites is 1. The highest BCUT2D eigenvalue weighted by Gasteiger charge is 2.40. The lowest BCUT2D eigenvalue weighted by Gasteiger charge is -2.22. The van der Waals surface area contributed by atoms with Gasteiger partial charge in [-0.1, -0.05) is 18.2 Å². The number of halogens is 3. The molecule has 1 aliphatic rings. The molecule has 2 heterocycles. The summed E-state index contributed by atoms with van der Waals surface area (Å²) < 4.78 is 38.2. The Morgan fingerprint density at radius 1 is 1.19 bits per heavy atom. The topological polar surface area (TPSA) is 70.5 Å². The van der Waals surface area contributed by atoms with Crippen LogP contribution in [0.5, 0.6) is 0 Å². The zero-order chi connectivity index (χ0) is 18.9. The molecule has 1 aromatic heterocycles. The summed E-state index contributed by atoms with van der Waals surface area (Å²) in [4.78, 5) is 25.3. The molecule has 0 unspecified atom stereocenters. The van der Waals surface area contributed by atoms with Crippen LogP contribution in [0.2, 0.25) is 0 Å². The second-order valence-corrected chi connectivity index (χ2v) is 5.87. The first-order chi connectivity index (χ1) is 12.2. The van der Waals surface area contributed by atoms with Crippen LogP contribution in [0.25, 0.3) is 0 Å². The summed E-state index contributed by atoms with van der Waals surface area (Å²) >= 11 is 0. The van der Waals surface area contributed by atoms with Crippen molar-refractivity contribution in [2.45, 2.75) is 26.4 Å². The van der Waals surface area contributed by atoms with Crippen LogP contribution in [0.3, 0.4) is 0 Å². The maximum atomic E-state index is 12.7. The minimum absolute atomic E-state index is 0.00986. The summed E-state index contributed by atoms with van der Waals surface area (Å²) in [5, 5.41) is 1.86. The number of rotatable bonds is 1. The van der Waals surface area contributed by atoms with Gasteiger partial charge in [-0.15, -0.1) is 0 Å². The van der Waals surface area contributed by atoms with Gasteiger partial charge in [-0.2, -0.15) is 18.2 Å². The first kappa shape index (κ1) is 17.8. The van der Waals surface area contributed by atoms with Gasteiger partial charge in [0.1, 0.15) is 0 Å². The lowest BCUT2D eigenvalue weighted by atomic mass is 10.2. The van der Waals surface area contributed by atoms with Crippen LogP contribution >= 0.6 is 0 Å². The van der Waals surface area contributed by atoms with Gasteiger partial charge in [-0.25, -0.2) is 9.97 Å². The molecule has 0 atom stereocenters. The van der Waals surface area contributed by atoms with Crippen molar-refractivity contribution < 1.29 is 18.0 Å². The molecule has 2 aromatic rings. The molecule has 0 spiro atoms. The zero-order valence-corrected chi connectivity index (χ0v) is 14.1. The largest absolute Gasteiger partial charge is 0.471 e. The van der Waals surface area contributed by atoms with E-state index in [-0.39, 0.29) is 11.9 Å². The van der Waals surface area contributed by atoms with Crippen molar-refractivity contribution >= 4 is 23.5 Å². The van der Waals surface area contributed by atoms with Crippen molar-refractivity contribution in [3.63, 3.8) is 0 Å². The van der Waals surface area contributed by atoms with Crippen LogP contribution in [0.15, 0.2) is 35.3 Å². The van der Waals surface area contributed by atoms with E-state index in [0.29, 0.717) is 30.0 Å². The van der Waals surface area contributed by atoms with Gasteiger partial charge in [-0.3, -0.25) is 10.1 Å². The predicted octanol–water partition coefficient (Wildman–Crippen LogP) is 2.82. The molecule has 0 radical (unpaired) electrons. The van der Waals surface area contributed by atoms with Crippen LogP contribution in [0.4, 0.5) is 24.8 Å². The summed E-state index contributed by atoms with van der Waals surface area (Å²) in [6.07, 6.45) is -4.39. The highest BCUT2D eigenvalue weighted by Crippen LogP contribution is 2.28. The smallest absolute Gasteiger partial charge is 0.311 e. The van der Waals surface area contributed by atoms with Crippen molar-refractivity contribution in [2.24, 2.45) is 4.99 Å². The number of guanidine groups is 1. The van der Waals surface area contributed by atoms with E-state index in [0.717, 1.165) is 5.56 Å². The van der Waals surface area contributed by atoms with Gasteiger partial charge in [0.05, 0.1) is 0 Å². The monoisotopic (exact) mass is 363 g/mol. The number of aliphatic imine (C=N–C) groups is 1. The van der Waals surface area contributed by atoms with E-state index < -0.39 is 12.1 Å². The first-order valence-electron chi connectivity index (χ1n) is 7.88. The van der Waals surface area contributed by atoms with E-state index in [2.05, 4.69) is 15.0 Å². The van der Waals surface area contributed by atoms with Crippen LogP contribution in [0, 0.1) is 13.8 Å². The van der Waals surface area contributed by atoms with Crippen LogP contribution in [0.1, 0.15) is 17.0 Å². The Kier molecular flexibility index (Phi) is 4.62. The molecule has 1 N–H and O–H groups in total. The number of aromatic nitrogens is 2. The van der Waals surface area contributed by atoms with Crippen molar-refractivity contribution in [3.8, 4) is 0 Å². The summed E-state index contributed by atoms with van der Waals surface area (Å²) in [6.45, 7) is 3.85. The summed E-state index contributed by atoms with van der Waals surface area (Å²) in [5.74, 6) is -2.35. The number of carbonyl (C=O) groups is 1. The quantitative estimate of drug-likeness (QED) is 0.625. The molecule has 0 bridgehead atoms. The van der Waals surface area contributed by atoms with Crippen LogP contribution in [-0.2, 0) is 11.2 Å². The fourth-order valence-corrected chi connectivity index (χ4v) is 2.74. The van der Waals surface area contributed by atoms with Crippen molar-refractivity contribution in [1.29, 1.82) is 0 Å². The second-order valence-electron chi connectivity index (χ2n) is 5.87. The Balaban J connectivity index is 2.02. The average Bonchev–Trinajstić information content (AvgIpc) is 2.96. The Bertz CT molecular complexity index is 859. The lowest BCUT2D eigenvalue weighted by molar-refractivity contribution is -0.171. The number of hydrogen-bond donors (Lipinski definition) is 1. The molecule has 9 heteroatoms. The highest BCUT2D eigenvalue weighted by molar-refractivity contribution is 6.08. The van der Waals surface area contributed by atoms with Crippen LogP contribution < -0.4 is 10.2 Å². The number of aryl methyl sites for hydroxylation is 2. The molecule has 1 aromatic carbocycles. The van der Waals surface area contributed by atoms with E-state index in [1.165, 1.54) is 4.90 Å². The Hall–Kier alpha value is -2.97. The SMILES string of the molecule is Cc1cc(C)nc(/N=C(\NC(=O)C(F)(F)F)N2CCc3ccccc32)n1. The number of fused-ring (bicyclic) bond motifs is 1. The van der Waals surface area contributed by atoms with E-state index in [4.69, 9.17) is 0 Å². The molecular formula is C17H16F3N5O. The molecule has 0 saturated heterocycles. The zero-order valence-electron chi connectivity index (χ0n) is 14.1. The highest BCUT2D eigenvalue weighted by atomic mass is 19.4. The minimum Gasteiger partial charge on any atom is -0.311 e. The van der Waals surface area contributed by atoms with Crippen molar-refractivity contribution in [1.82, 2.24) is 15.3 Å². The molecule has 1 amide bonds. The summed E-state index contributed by atoms with van der Waals surface area (Å²) in [5.41, 5.74) is 2.90. The molecule has 0 aliphatic carbocycles. The van der Waals surface area contributed by atoms with Gasteiger partial charge >= 0.3 is 12.1 Å². The number of nitrogens with zero attached hydrogens (tertiary/aromatic N) is 4. The Morgan fingerprint density at radius 3 is 2.50 bits per heavy atom.